The van der Waals surface area contributed by atoms with Gasteiger partial charge in [-0.15, -0.1) is 0 Å². The van der Waals surface area contributed by atoms with E-state index in [4.69, 9.17) is 10.3 Å². The van der Waals surface area contributed by atoms with Crippen molar-refractivity contribution in [3.63, 3.8) is 0 Å². The summed E-state index contributed by atoms with van der Waals surface area (Å²) < 4.78 is 5.02. The van der Waals surface area contributed by atoms with Crippen LogP contribution in [0.5, 0.6) is 0 Å². The van der Waals surface area contributed by atoms with E-state index in [0.717, 1.165) is 11.4 Å². The standard InChI is InChI=1S/C10H12N4O/c1-14(8-2-4-12-5-3-8)7-9-6-10(11)13-15-9/h2-6H,7H2,1H3,(H2,11,13). The number of nitrogens with two attached hydrogens (primary N) is 1. The van der Waals surface area contributed by atoms with Crippen molar-refractivity contribution in [3.8, 4) is 0 Å². The highest BCUT2D eigenvalue weighted by molar-refractivity contribution is 5.44. The largest absolute Gasteiger partial charge is 0.381 e. The average Bonchev–Trinajstić information content (AvgIpc) is 2.65. The predicted molar refractivity (Wildman–Crippen MR) is 57.3 cm³/mol. The van der Waals surface area contributed by atoms with Gasteiger partial charge in [0.15, 0.2) is 11.6 Å². The molecule has 0 saturated carbocycles. The van der Waals surface area contributed by atoms with Gasteiger partial charge in [-0.05, 0) is 12.1 Å². The number of nitrogen functional groups attached to an aromatic ring is 1. The van der Waals surface area contributed by atoms with Crippen molar-refractivity contribution in [1.82, 2.24) is 10.1 Å². The minimum absolute atomic E-state index is 0.410. The highest BCUT2D eigenvalue weighted by Gasteiger charge is 2.05. The maximum atomic E-state index is 5.46. The summed E-state index contributed by atoms with van der Waals surface area (Å²) in [6.07, 6.45) is 3.50. The molecule has 0 saturated heterocycles. The lowest BCUT2D eigenvalue weighted by Gasteiger charge is -2.16. The van der Waals surface area contributed by atoms with Gasteiger partial charge in [-0.25, -0.2) is 0 Å². The molecule has 0 atom stereocenters. The first-order chi connectivity index (χ1) is 7.25. The van der Waals surface area contributed by atoms with E-state index in [0.29, 0.717) is 12.4 Å². The smallest absolute Gasteiger partial charge is 0.167 e. The highest BCUT2D eigenvalue weighted by Crippen LogP contribution is 2.14. The summed E-state index contributed by atoms with van der Waals surface area (Å²) >= 11 is 0. The molecule has 2 aromatic heterocycles. The van der Waals surface area contributed by atoms with Crippen LogP contribution in [0.3, 0.4) is 0 Å². The lowest BCUT2D eigenvalue weighted by atomic mass is 10.3. The number of aromatic nitrogens is 2. The molecular formula is C10H12N4O. The van der Waals surface area contributed by atoms with Gasteiger partial charge < -0.3 is 15.2 Å². The zero-order valence-electron chi connectivity index (χ0n) is 8.42. The molecule has 78 valence electrons. The van der Waals surface area contributed by atoms with Crippen LogP contribution < -0.4 is 10.6 Å². The zero-order valence-corrected chi connectivity index (χ0v) is 8.42. The van der Waals surface area contributed by atoms with E-state index in [-0.39, 0.29) is 0 Å². The summed E-state index contributed by atoms with van der Waals surface area (Å²) in [5.41, 5.74) is 6.53. The molecule has 0 spiro atoms. The van der Waals surface area contributed by atoms with E-state index in [1.807, 2.05) is 24.1 Å². The second-order valence-corrected chi connectivity index (χ2v) is 3.28. The highest BCUT2D eigenvalue weighted by atomic mass is 16.5. The van der Waals surface area contributed by atoms with Gasteiger partial charge in [-0.2, -0.15) is 0 Å². The topological polar surface area (TPSA) is 68.2 Å². The lowest BCUT2D eigenvalue weighted by Crippen LogP contribution is -2.15. The molecule has 2 heterocycles. The molecule has 2 aromatic rings. The van der Waals surface area contributed by atoms with Gasteiger partial charge in [-0.1, -0.05) is 5.16 Å². The van der Waals surface area contributed by atoms with E-state index < -0.39 is 0 Å². The van der Waals surface area contributed by atoms with Crippen molar-refractivity contribution in [2.24, 2.45) is 0 Å². The monoisotopic (exact) mass is 204 g/mol. The van der Waals surface area contributed by atoms with Crippen molar-refractivity contribution in [2.45, 2.75) is 6.54 Å². The molecule has 5 nitrogen and oxygen atoms in total. The third kappa shape index (κ3) is 2.25. The number of rotatable bonds is 3. The van der Waals surface area contributed by atoms with Gasteiger partial charge in [0.1, 0.15) is 0 Å². The Morgan fingerprint density at radius 3 is 2.73 bits per heavy atom. The number of anilines is 2. The second-order valence-electron chi connectivity index (χ2n) is 3.28. The fourth-order valence-corrected chi connectivity index (χ4v) is 1.33. The second kappa shape index (κ2) is 4.00. The number of pyridine rings is 1. The number of nitrogens with zero attached hydrogens (tertiary/aromatic N) is 3. The first-order valence-corrected chi connectivity index (χ1v) is 4.58. The average molecular weight is 204 g/mol. The molecule has 0 bridgehead atoms. The Kier molecular flexibility index (Phi) is 2.53. The first kappa shape index (κ1) is 9.51. The Balaban J connectivity index is 2.07. The summed E-state index contributed by atoms with van der Waals surface area (Å²) in [6.45, 7) is 0.633. The molecule has 0 amide bonds. The lowest BCUT2D eigenvalue weighted by molar-refractivity contribution is 0.385. The van der Waals surface area contributed by atoms with Gasteiger partial charge in [0, 0.05) is 31.2 Å². The molecular weight excluding hydrogens is 192 g/mol. The normalized spacial score (nSPS) is 10.2. The molecule has 0 unspecified atom stereocenters. The maximum absolute atomic E-state index is 5.46. The van der Waals surface area contributed by atoms with Crippen LogP contribution in [0.15, 0.2) is 35.1 Å². The fraction of sp³-hybridized carbons (Fsp3) is 0.200. The fourth-order valence-electron chi connectivity index (χ4n) is 1.33. The third-order valence-corrected chi connectivity index (χ3v) is 2.07. The van der Waals surface area contributed by atoms with Crippen LogP contribution in [0.2, 0.25) is 0 Å². The Morgan fingerprint density at radius 1 is 1.40 bits per heavy atom. The Labute approximate surface area is 87.5 Å². The number of hydrogen-bond donors (Lipinski definition) is 1. The maximum Gasteiger partial charge on any atom is 0.167 e. The van der Waals surface area contributed by atoms with Gasteiger partial charge in [0.2, 0.25) is 0 Å². The van der Waals surface area contributed by atoms with Gasteiger partial charge in [0.05, 0.1) is 6.54 Å². The zero-order chi connectivity index (χ0) is 10.7. The summed E-state index contributed by atoms with van der Waals surface area (Å²) in [4.78, 5) is 5.99. The molecule has 0 radical (unpaired) electrons. The molecule has 0 fully saturated rings. The van der Waals surface area contributed by atoms with Crippen molar-refractivity contribution < 1.29 is 4.52 Å². The van der Waals surface area contributed by atoms with E-state index in [1.165, 1.54) is 0 Å². The third-order valence-electron chi connectivity index (χ3n) is 2.07. The van der Waals surface area contributed by atoms with Crippen molar-refractivity contribution >= 4 is 11.5 Å². The summed E-state index contributed by atoms with van der Waals surface area (Å²) in [5, 5.41) is 3.63. The Morgan fingerprint density at radius 2 is 2.13 bits per heavy atom. The van der Waals surface area contributed by atoms with Crippen LogP contribution in [0.1, 0.15) is 5.76 Å². The summed E-state index contributed by atoms with van der Waals surface area (Å²) in [6, 6.07) is 5.58. The summed E-state index contributed by atoms with van der Waals surface area (Å²) in [5.74, 6) is 1.15. The molecule has 2 rings (SSSR count). The molecule has 2 N–H and O–H groups in total. The van der Waals surface area contributed by atoms with E-state index in [2.05, 4.69) is 10.1 Å². The quantitative estimate of drug-likeness (QED) is 0.815. The van der Waals surface area contributed by atoms with Gasteiger partial charge >= 0.3 is 0 Å². The SMILES string of the molecule is CN(Cc1cc(N)no1)c1ccncc1. The van der Waals surface area contributed by atoms with Crippen molar-refractivity contribution in [3.05, 3.63) is 36.4 Å². The Bertz CT molecular complexity index is 426. The van der Waals surface area contributed by atoms with Gasteiger partial charge in [0.25, 0.3) is 0 Å². The molecule has 0 aliphatic carbocycles. The van der Waals surface area contributed by atoms with Crippen LogP contribution in [0.4, 0.5) is 11.5 Å². The minimum Gasteiger partial charge on any atom is -0.381 e. The number of hydrogen-bond acceptors (Lipinski definition) is 5. The first-order valence-electron chi connectivity index (χ1n) is 4.58. The van der Waals surface area contributed by atoms with E-state index in [1.54, 1.807) is 18.5 Å². The molecule has 15 heavy (non-hydrogen) atoms. The van der Waals surface area contributed by atoms with Crippen molar-refractivity contribution in [1.29, 1.82) is 0 Å². The van der Waals surface area contributed by atoms with Crippen LogP contribution in [0, 0.1) is 0 Å². The van der Waals surface area contributed by atoms with Crippen LogP contribution in [-0.4, -0.2) is 17.2 Å². The summed E-state index contributed by atoms with van der Waals surface area (Å²) in [7, 11) is 1.97. The van der Waals surface area contributed by atoms with Gasteiger partial charge in [-0.3, -0.25) is 4.98 Å². The molecule has 0 aromatic carbocycles. The van der Waals surface area contributed by atoms with Crippen LogP contribution >= 0.6 is 0 Å². The van der Waals surface area contributed by atoms with Crippen molar-refractivity contribution in [2.75, 3.05) is 17.7 Å². The van der Waals surface area contributed by atoms with E-state index in [9.17, 15) is 0 Å². The van der Waals surface area contributed by atoms with Crippen LogP contribution in [0.25, 0.3) is 0 Å². The van der Waals surface area contributed by atoms with Crippen LogP contribution in [-0.2, 0) is 6.54 Å². The predicted octanol–water partition coefficient (Wildman–Crippen LogP) is 1.29. The molecule has 0 aliphatic heterocycles. The molecule has 0 aliphatic rings. The minimum atomic E-state index is 0.410. The Hall–Kier alpha value is -2.04. The van der Waals surface area contributed by atoms with E-state index >= 15 is 0 Å². The molecule has 5 heteroatoms.